The van der Waals surface area contributed by atoms with Gasteiger partial charge in [-0.15, -0.1) is 11.3 Å². The van der Waals surface area contributed by atoms with E-state index in [4.69, 9.17) is 4.55 Å². The Morgan fingerprint density at radius 3 is 2.37 bits per heavy atom. The predicted molar refractivity (Wildman–Crippen MR) is 123 cm³/mol. The van der Waals surface area contributed by atoms with E-state index in [9.17, 15) is 18.6 Å². The molecule has 9 heteroatoms. The summed E-state index contributed by atoms with van der Waals surface area (Å²) in [5.41, 5.74) is 3.00. The number of hydrogen-bond donors (Lipinski definition) is 4. The topological polar surface area (TPSA) is 112 Å². The van der Waals surface area contributed by atoms with Crippen molar-refractivity contribution in [2.24, 2.45) is 7.05 Å². The molecule has 0 fully saturated rings. The van der Waals surface area contributed by atoms with E-state index in [1.165, 1.54) is 37.5 Å². The van der Waals surface area contributed by atoms with Crippen LogP contribution >= 0.6 is 11.3 Å². The van der Waals surface area contributed by atoms with Gasteiger partial charge in [-0.05, 0) is 36.1 Å². The zero-order valence-electron chi connectivity index (χ0n) is 17.1. The average molecular weight is 451 g/mol. The fraction of sp³-hybridized carbons (Fsp3) is 0.333. The number of aliphatic hydroxyl groups is 2. The molecule has 162 valence electrons. The summed E-state index contributed by atoms with van der Waals surface area (Å²) in [6.45, 7) is 2.23. The molecule has 0 saturated heterocycles. The third-order valence-electron chi connectivity index (χ3n) is 5.08. The number of nitrogens with one attached hydrogen (secondary N) is 1. The van der Waals surface area contributed by atoms with Crippen molar-refractivity contribution in [3.63, 3.8) is 0 Å². The fourth-order valence-corrected chi connectivity index (χ4v) is 4.39. The van der Waals surface area contributed by atoms with Crippen molar-refractivity contribution in [1.82, 2.24) is 9.88 Å². The largest absolute Gasteiger partial charge is 0.394 e. The molecule has 7 nitrogen and oxygen atoms in total. The molecule has 2 aromatic heterocycles. The molecular formula is C21H26N2O5S2. The highest BCUT2D eigenvalue weighted by Gasteiger charge is 2.22. The highest BCUT2D eigenvalue weighted by atomic mass is 32.2. The van der Waals surface area contributed by atoms with Crippen LogP contribution in [-0.4, -0.2) is 52.8 Å². The molecule has 0 amide bonds. The smallest absolute Gasteiger partial charge is 0.261 e. The minimum absolute atomic E-state index is 0.104. The monoisotopic (exact) mass is 450 g/mol. The number of rotatable bonds is 5. The van der Waals surface area contributed by atoms with Gasteiger partial charge in [0.2, 0.25) is 0 Å². The molecule has 2 aromatic carbocycles. The molecule has 0 atom stereocenters. The van der Waals surface area contributed by atoms with Crippen LogP contribution in [-0.2, 0) is 23.7 Å². The van der Waals surface area contributed by atoms with Crippen LogP contribution in [0.2, 0.25) is 0 Å². The van der Waals surface area contributed by atoms with E-state index in [0.29, 0.717) is 12.8 Å². The minimum Gasteiger partial charge on any atom is -0.394 e. The van der Waals surface area contributed by atoms with E-state index >= 15 is 0 Å². The Hall–Kier alpha value is -2.01. The molecule has 0 unspecified atom stereocenters. The van der Waals surface area contributed by atoms with Gasteiger partial charge in [-0.2, -0.15) is 8.42 Å². The molecule has 0 radical (unpaired) electrons. The van der Waals surface area contributed by atoms with Crippen LogP contribution in [0, 0.1) is 0 Å². The lowest BCUT2D eigenvalue weighted by Gasteiger charge is -2.26. The zero-order chi connectivity index (χ0) is 22.1. The summed E-state index contributed by atoms with van der Waals surface area (Å²) in [5, 5.41) is 28.3. The fourth-order valence-electron chi connectivity index (χ4n) is 3.48. The number of aliphatic hydroxyl groups excluding tert-OH is 2. The van der Waals surface area contributed by atoms with Crippen molar-refractivity contribution in [2.75, 3.05) is 19.5 Å². The summed E-state index contributed by atoms with van der Waals surface area (Å²) in [4.78, 5) is 0. The third kappa shape index (κ3) is 4.66. The molecule has 2 heterocycles. The molecular weight excluding hydrogens is 424 g/mol. The molecule has 0 saturated carbocycles. The van der Waals surface area contributed by atoms with E-state index in [-0.39, 0.29) is 13.2 Å². The van der Waals surface area contributed by atoms with Gasteiger partial charge in [0.15, 0.2) is 0 Å². The summed E-state index contributed by atoms with van der Waals surface area (Å²) in [6, 6.07) is 12.9. The van der Waals surface area contributed by atoms with Crippen LogP contribution in [0.3, 0.4) is 0 Å². The molecule has 0 spiro atoms. The number of para-hydroxylation sites is 1. The number of hydrogen-bond acceptors (Lipinski definition) is 6. The molecule has 4 N–H and O–H groups in total. The average Bonchev–Trinajstić information content (AvgIpc) is 3.28. The van der Waals surface area contributed by atoms with Crippen LogP contribution in [0.1, 0.15) is 12.5 Å². The lowest BCUT2D eigenvalue weighted by molar-refractivity contribution is 0.103. The molecule has 0 bridgehead atoms. The maximum absolute atomic E-state index is 9.53. The van der Waals surface area contributed by atoms with Gasteiger partial charge >= 0.3 is 0 Å². The van der Waals surface area contributed by atoms with Crippen molar-refractivity contribution >= 4 is 53.3 Å². The number of aryl methyl sites for hydroxylation is 1. The van der Waals surface area contributed by atoms with Gasteiger partial charge in [0.05, 0.1) is 30.5 Å². The van der Waals surface area contributed by atoms with Gasteiger partial charge < -0.3 is 20.1 Å². The molecule has 4 rings (SSSR count). The summed E-state index contributed by atoms with van der Waals surface area (Å²) in [6.07, 6.45) is 0.715. The zero-order valence-corrected chi connectivity index (χ0v) is 18.7. The Kier molecular flexibility index (Phi) is 6.51. The Labute approximate surface area is 179 Å². The first-order valence-electron chi connectivity index (χ1n) is 9.33. The number of thiophene rings is 1. The summed E-state index contributed by atoms with van der Waals surface area (Å²) in [7, 11) is -1.55. The highest BCUT2D eigenvalue weighted by molar-refractivity contribution is 7.85. The van der Waals surface area contributed by atoms with Crippen molar-refractivity contribution in [3.05, 3.63) is 47.3 Å². The van der Waals surface area contributed by atoms with Gasteiger partial charge in [-0.3, -0.25) is 4.55 Å². The first-order chi connectivity index (χ1) is 14.1. The second-order valence-electron chi connectivity index (χ2n) is 7.63. The minimum atomic E-state index is -3.67. The Bertz CT molecular complexity index is 1280. The summed E-state index contributed by atoms with van der Waals surface area (Å²) >= 11 is 1.73. The number of aromatic nitrogens is 1. The van der Waals surface area contributed by atoms with Crippen LogP contribution in [0.5, 0.6) is 0 Å². The number of nitrogens with zero attached hydrogens (tertiary/aromatic N) is 1. The summed E-state index contributed by atoms with van der Waals surface area (Å²) < 4.78 is 29.4. The normalized spacial score (nSPS) is 12.5. The number of benzene rings is 2. The van der Waals surface area contributed by atoms with E-state index in [0.717, 1.165) is 0 Å². The van der Waals surface area contributed by atoms with E-state index in [2.05, 4.69) is 58.7 Å². The highest BCUT2D eigenvalue weighted by Crippen LogP contribution is 2.37. The van der Waals surface area contributed by atoms with Gasteiger partial charge in [0, 0.05) is 40.0 Å². The summed E-state index contributed by atoms with van der Waals surface area (Å²) in [5.74, 6) is 0. The Balaban J connectivity index is 0.000000461. The lowest BCUT2D eigenvalue weighted by atomic mass is 10.0. The van der Waals surface area contributed by atoms with Gasteiger partial charge in [-0.1, -0.05) is 18.2 Å². The second-order valence-corrected chi connectivity index (χ2v) is 10.0. The maximum Gasteiger partial charge on any atom is 0.261 e. The third-order valence-corrected chi connectivity index (χ3v) is 6.07. The standard InChI is InChI=1S/C20H22N2O2S.CH4O3S/c1-20(11-23,12-24)21-10-13-9-16-14-5-3-4-6-17(14)22(2)18(16)15-7-8-25-19(13)15;1-5(2,3)4/h3-9,21,23-24H,10-12H2,1-2H3;1H3,(H,2,3,4). The van der Waals surface area contributed by atoms with Crippen molar-refractivity contribution in [2.45, 2.75) is 19.0 Å². The maximum atomic E-state index is 9.53. The molecule has 0 aliphatic carbocycles. The number of fused-ring (bicyclic) bond motifs is 5. The van der Waals surface area contributed by atoms with Crippen molar-refractivity contribution < 1.29 is 23.2 Å². The Morgan fingerprint density at radius 1 is 1.10 bits per heavy atom. The Morgan fingerprint density at radius 2 is 1.73 bits per heavy atom. The van der Waals surface area contributed by atoms with Gasteiger partial charge in [0.1, 0.15) is 0 Å². The quantitative estimate of drug-likeness (QED) is 0.348. The van der Waals surface area contributed by atoms with Crippen molar-refractivity contribution in [1.29, 1.82) is 0 Å². The van der Waals surface area contributed by atoms with Crippen molar-refractivity contribution in [3.8, 4) is 0 Å². The predicted octanol–water partition coefficient (Wildman–Crippen LogP) is 2.88. The lowest BCUT2D eigenvalue weighted by Crippen LogP contribution is -2.48. The first-order valence-corrected chi connectivity index (χ1v) is 12.1. The second kappa shape index (κ2) is 8.62. The SMILES string of the molecule is CS(=O)(=O)O.Cn1c2ccccc2c2cc(CNC(C)(CO)CO)c3sccc3c21. The van der Waals surface area contributed by atoms with Gasteiger partial charge in [-0.25, -0.2) is 0 Å². The van der Waals surface area contributed by atoms with Gasteiger partial charge in [0.25, 0.3) is 10.1 Å². The van der Waals surface area contributed by atoms with E-state index in [1.54, 1.807) is 11.3 Å². The van der Waals surface area contributed by atoms with Crippen LogP contribution in [0.4, 0.5) is 0 Å². The van der Waals surface area contributed by atoms with Crippen LogP contribution < -0.4 is 5.32 Å². The first kappa shape index (κ1) is 22.7. The van der Waals surface area contributed by atoms with E-state index < -0.39 is 15.7 Å². The van der Waals surface area contributed by atoms with Crippen LogP contribution in [0.15, 0.2) is 41.8 Å². The van der Waals surface area contributed by atoms with E-state index in [1.807, 2.05) is 6.92 Å². The molecule has 0 aliphatic heterocycles. The molecule has 0 aliphatic rings. The van der Waals surface area contributed by atoms with Crippen LogP contribution in [0.25, 0.3) is 31.9 Å². The molecule has 30 heavy (non-hydrogen) atoms. The molecule has 4 aromatic rings.